The molecule has 3 atom stereocenters. The Balaban J connectivity index is 2.69. The molecule has 0 bridgehead atoms. The van der Waals surface area contributed by atoms with Crippen molar-refractivity contribution in [3.05, 3.63) is 64.7 Å². The largest absolute Gasteiger partial charge is 0.508 e. The van der Waals surface area contributed by atoms with Gasteiger partial charge in [0.1, 0.15) is 23.4 Å². The standard InChI is InChI=1S/C35H53N3O5/c1-10-11-21-36-32(40)31(30-24(4)13-12-14-25(30)5)38(26(6)16-15-23(2)3)33(41)29(37-34(42)43-35(7,8)9)22-27-17-19-28(39)20-18-27/h12-14,17-20,23,26,29,31,39H,10-11,15-16,21-22H2,1-9H3,(H,36,40)(H,37,42). The highest BCUT2D eigenvalue weighted by atomic mass is 16.6. The fraction of sp³-hybridized carbons (Fsp3) is 0.571. The number of hydrogen-bond acceptors (Lipinski definition) is 5. The number of hydrogen-bond donors (Lipinski definition) is 3. The number of alkyl carbamates (subject to hydrolysis) is 1. The predicted molar refractivity (Wildman–Crippen MR) is 172 cm³/mol. The summed E-state index contributed by atoms with van der Waals surface area (Å²) in [5.74, 6) is -0.0941. The number of aryl methyl sites for hydroxylation is 2. The third kappa shape index (κ3) is 11.2. The molecule has 43 heavy (non-hydrogen) atoms. The molecule has 2 aromatic rings. The van der Waals surface area contributed by atoms with Crippen molar-refractivity contribution in [1.29, 1.82) is 0 Å². The van der Waals surface area contributed by atoms with Crippen molar-refractivity contribution in [3.8, 4) is 5.75 Å². The summed E-state index contributed by atoms with van der Waals surface area (Å²) in [7, 11) is 0. The highest BCUT2D eigenvalue weighted by Gasteiger charge is 2.40. The van der Waals surface area contributed by atoms with E-state index < -0.39 is 23.8 Å². The van der Waals surface area contributed by atoms with E-state index in [9.17, 15) is 19.5 Å². The normalized spacial score (nSPS) is 13.6. The third-order valence-electron chi connectivity index (χ3n) is 7.43. The van der Waals surface area contributed by atoms with Crippen LogP contribution in [0.25, 0.3) is 0 Å². The average molecular weight is 596 g/mol. The molecule has 0 aromatic heterocycles. The van der Waals surface area contributed by atoms with E-state index in [0.29, 0.717) is 18.9 Å². The van der Waals surface area contributed by atoms with Crippen molar-refractivity contribution in [2.45, 2.75) is 118 Å². The van der Waals surface area contributed by atoms with Crippen LogP contribution in [0.15, 0.2) is 42.5 Å². The van der Waals surface area contributed by atoms with E-state index >= 15 is 0 Å². The molecule has 0 aliphatic heterocycles. The number of carbonyl (C=O) groups is 3. The van der Waals surface area contributed by atoms with Gasteiger partial charge in [0.05, 0.1) is 0 Å². The molecule has 2 aromatic carbocycles. The molecule has 8 heteroatoms. The lowest BCUT2D eigenvalue weighted by atomic mass is 9.91. The molecule has 0 aliphatic rings. The van der Waals surface area contributed by atoms with Crippen molar-refractivity contribution in [1.82, 2.24) is 15.5 Å². The number of unbranched alkanes of at least 4 members (excludes halogenated alkanes) is 1. The van der Waals surface area contributed by atoms with Crippen LogP contribution in [0.3, 0.4) is 0 Å². The smallest absolute Gasteiger partial charge is 0.408 e. The maximum atomic E-state index is 14.8. The number of carbonyl (C=O) groups excluding carboxylic acids is 3. The van der Waals surface area contributed by atoms with E-state index in [1.165, 1.54) is 0 Å². The van der Waals surface area contributed by atoms with Gasteiger partial charge >= 0.3 is 6.09 Å². The predicted octanol–water partition coefficient (Wildman–Crippen LogP) is 6.76. The second-order valence-corrected chi connectivity index (χ2v) is 13.0. The molecule has 0 spiro atoms. The van der Waals surface area contributed by atoms with Gasteiger partial charge in [-0.25, -0.2) is 4.79 Å². The van der Waals surface area contributed by atoms with Crippen molar-refractivity contribution < 1.29 is 24.2 Å². The summed E-state index contributed by atoms with van der Waals surface area (Å²) in [6, 6.07) is 10.2. The quantitative estimate of drug-likeness (QED) is 0.209. The second kappa shape index (κ2) is 16.3. The summed E-state index contributed by atoms with van der Waals surface area (Å²) in [6.07, 6.45) is 2.75. The Labute approximate surface area is 258 Å². The first-order valence-electron chi connectivity index (χ1n) is 15.6. The van der Waals surface area contributed by atoms with Crippen molar-refractivity contribution in [3.63, 3.8) is 0 Å². The van der Waals surface area contributed by atoms with Gasteiger partial charge in [0, 0.05) is 19.0 Å². The van der Waals surface area contributed by atoms with Gasteiger partial charge in [-0.2, -0.15) is 0 Å². The molecule has 2 rings (SSSR count). The number of nitrogens with one attached hydrogen (secondary N) is 2. The minimum atomic E-state index is -1.02. The van der Waals surface area contributed by atoms with Crippen molar-refractivity contribution >= 4 is 17.9 Å². The first-order valence-corrected chi connectivity index (χ1v) is 15.6. The van der Waals surface area contributed by atoms with Crippen LogP contribution in [-0.2, 0) is 20.7 Å². The van der Waals surface area contributed by atoms with Crippen LogP contribution in [0.1, 0.15) is 102 Å². The van der Waals surface area contributed by atoms with Crippen molar-refractivity contribution in [2.75, 3.05) is 6.54 Å². The molecule has 0 saturated heterocycles. The zero-order chi connectivity index (χ0) is 32.3. The molecule has 3 amide bonds. The monoisotopic (exact) mass is 595 g/mol. The van der Waals surface area contributed by atoms with Gasteiger partial charge in [0.25, 0.3) is 0 Å². The van der Waals surface area contributed by atoms with Gasteiger partial charge in [0.2, 0.25) is 11.8 Å². The molecule has 0 fully saturated rings. The molecule has 8 nitrogen and oxygen atoms in total. The van der Waals surface area contributed by atoms with Crippen LogP contribution >= 0.6 is 0 Å². The van der Waals surface area contributed by atoms with Gasteiger partial charge in [-0.3, -0.25) is 9.59 Å². The Morgan fingerprint density at radius 1 is 0.953 bits per heavy atom. The van der Waals surface area contributed by atoms with Crippen LogP contribution in [0, 0.1) is 19.8 Å². The van der Waals surface area contributed by atoms with E-state index in [1.807, 2.05) is 39.0 Å². The molecule has 0 saturated carbocycles. The first-order chi connectivity index (χ1) is 20.1. The fourth-order valence-corrected chi connectivity index (χ4v) is 5.15. The molecule has 0 radical (unpaired) electrons. The van der Waals surface area contributed by atoms with Crippen LogP contribution < -0.4 is 10.6 Å². The lowest BCUT2D eigenvalue weighted by molar-refractivity contribution is -0.145. The molecule has 238 valence electrons. The number of phenolic OH excluding ortho intramolecular Hbond substituents is 1. The minimum absolute atomic E-state index is 0.106. The van der Waals surface area contributed by atoms with Gasteiger partial charge in [0.15, 0.2) is 0 Å². The summed E-state index contributed by atoms with van der Waals surface area (Å²) in [4.78, 5) is 43.6. The van der Waals surface area contributed by atoms with Gasteiger partial charge < -0.3 is 25.4 Å². The number of rotatable bonds is 14. The zero-order valence-corrected chi connectivity index (χ0v) is 27.6. The fourth-order valence-electron chi connectivity index (χ4n) is 5.15. The highest BCUT2D eigenvalue weighted by Crippen LogP contribution is 2.32. The van der Waals surface area contributed by atoms with Crippen LogP contribution in [0.5, 0.6) is 5.75 Å². The molecular weight excluding hydrogens is 542 g/mol. The van der Waals surface area contributed by atoms with E-state index in [0.717, 1.165) is 41.5 Å². The third-order valence-corrected chi connectivity index (χ3v) is 7.43. The number of amides is 3. The Morgan fingerprint density at radius 3 is 2.09 bits per heavy atom. The number of ether oxygens (including phenoxy) is 1. The SMILES string of the molecule is CCCCNC(=O)C(c1c(C)cccc1C)N(C(=O)C(Cc1ccc(O)cc1)NC(=O)OC(C)(C)C)C(C)CCC(C)C. The number of aromatic hydroxyl groups is 1. The van der Waals surface area contributed by atoms with Crippen LogP contribution in [-0.4, -0.2) is 52.1 Å². The van der Waals surface area contributed by atoms with Gasteiger partial charge in [-0.1, -0.05) is 57.5 Å². The number of phenols is 1. The summed E-state index contributed by atoms with van der Waals surface area (Å²) in [6.45, 7) is 18.0. The number of benzene rings is 2. The van der Waals surface area contributed by atoms with Crippen molar-refractivity contribution in [2.24, 2.45) is 5.92 Å². The Kier molecular flexibility index (Phi) is 13.5. The van der Waals surface area contributed by atoms with Crippen LogP contribution in [0.4, 0.5) is 4.79 Å². The lowest BCUT2D eigenvalue weighted by Crippen LogP contribution is -2.56. The zero-order valence-electron chi connectivity index (χ0n) is 27.6. The summed E-state index contributed by atoms with van der Waals surface area (Å²) >= 11 is 0. The Bertz CT molecular complexity index is 1180. The molecule has 3 N–H and O–H groups in total. The van der Waals surface area contributed by atoms with E-state index in [-0.39, 0.29) is 30.0 Å². The highest BCUT2D eigenvalue weighted by molar-refractivity contribution is 5.93. The maximum Gasteiger partial charge on any atom is 0.408 e. The van der Waals surface area contributed by atoms with Crippen LogP contribution in [0.2, 0.25) is 0 Å². The Hall–Kier alpha value is -3.55. The maximum absolute atomic E-state index is 14.8. The van der Waals surface area contributed by atoms with E-state index in [4.69, 9.17) is 4.74 Å². The molecule has 0 heterocycles. The molecule has 0 aliphatic carbocycles. The average Bonchev–Trinajstić information content (AvgIpc) is 2.90. The topological polar surface area (TPSA) is 108 Å². The second-order valence-electron chi connectivity index (χ2n) is 13.0. The summed E-state index contributed by atoms with van der Waals surface area (Å²) in [5, 5.41) is 15.7. The minimum Gasteiger partial charge on any atom is -0.508 e. The first kappa shape index (κ1) is 35.6. The summed E-state index contributed by atoms with van der Waals surface area (Å²) in [5.41, 5.74) is 2.61. The lowest BCUT2D eigenvalue weighted by Gasteiger charge is -2.40. The van der Waals surface area contributed by atoms with E-state index in [2.05, 4.69) is 31.4 Å². The van der Waals surface area contributed by atoms with Gasteiger partial charge in [-0.15, -0.1) is 0 Å². The molecular formula is C35H53N3O5. The Morgan fingerprint density at radius 2 is 1.56 bits per heavy atom. The molecule has 3 unspecified atom stereocenters. The summed E-state index contributed by atoms with van der Waals surface area (Å²) < 4.78 is 5.55. The van der Waals surface area contributed by atoms with E-state index in [1.54, 1.807) is 49.9 Å². The number of nitrogens with zero attached hydrogens (tertiary/aromatic N) is 1. The van der Waals surface area contributed by atoms with Gasteiger partial charge in [-0.05, 0) is 101 Å².